The first kappa shape index (κ1) is 17.4. The van der Waals surface area contributed by atoms with Gasteiger partial charge >= 0.3 is 6.03 Å². The Morgan fingerprint density at radius 2 is 2.28 bits per heavy atom. The topological polar surface area (TPSA) is 87.3 Å². The third-order valence-corrected chi connectivity index (χ3v) is 4.55. The van der Waals surface area contributed by atoms with Crippen molar-refractivity contribution in [3.05, 3.63) is 40.4 Å². The molecule has 2 aromatic rings. The van der Waals surface area contributed by atoms with Gasteiger partial charge in [0.2, 0.25) is 0 Å². The first-order valence-corrected chi connectivity index (χ1v) is 8.73. The molecule has 0 radical (unpaired) electrons. The molecule has 134 valence electrons. The third kappa shape index (κ3) is 3.99. The summed E-state index contributed by atoms with van der Waals surface area (Å²) in [5, 5.41) is 3.53. The molecule has 7 nitrogen and oxygen atoms in total. The Balaban J connectivity index is 1.71. The zero-order chi connectivity index (χ0) is 17.8. The van der Waals surface area contributed by atoms with E-state index in [0.29, 0.717) is 23.3 Å². The van der Waals surface area contributed by atoms with Gasteiger partial charge in [0.05, 0.1) is 29.6 Å². The van der Waals surface area contributed by atoms with Crippen molar-refractivity contribution >= 4 is 16.9 Å². The molecule has 0 aliphatic carbocycles. The number of carbonyl (C=O) groups excluding carboxylic acids is 1. The van der Waals surface area contributed by atoms with E-state index in [4.69, 9.17) is 4.74 Å². The van der Waals surface area contributed by atoms with Gasteiger partial charge in [-0.1, -0.05) is 12.1 Å². The lowest BCUT2D eigenvalue weighted by Crippen LogP contribution is -2.47. The molecule has 0 unspecified atom stereocenters. The van der Waals surface area contributed by atoms with Gasteiger partial charge in [-0.2, -0.15) is 0 Å². The predicted molar refractivity (Wildman–Crippen MR) is 95.4 cm³/mol. The van der Waals surface area contributed by atoms with E-state index in [2.05, 4.69) is 15.3 Å². The summed E-state index contributed by atoms with van der Waals surface area (Å²) in [5.74, 6) is 0.477. The highest BCUT2D eigenvalue weighted by atomic mass is 16.5. The molecule has 1 aromatic heterocycles. The van der Waals surface area contributed by atoms with Crippen LogP contribution in [0.25, 0.3) is 10.9 Å². The number of urea groups is 1. The summed E-state index contributed by atoms with van der Waals surface area (Å²) in [7, 11) is 0. The van der Waals surface area contributed by atoms with Crippen LogP contribution in [0.15, 0.2) is 29.1 Å². The van der Waals surface area contributed by atoms with Gasteiger partial charge in [-0.3, -0.25) is 4.79 Å². The second kappa shape index (κ2) is 7.65. The number of rotatable bonds is 5. The van der Waals surface area contributed by atoms with Gasteiger partial charge in [0.25, 0.3) is 5.56 Å². The van der Waals surface area contributed by atoms with Gasteiger partial charge in [-0.15, -0.1) is 0 Å². The number of benzene rings is 1. The van der Waals surface area contributed by atoms with Gasteiger partial charge in [-0.25, -0.2) is 9.78 Å². The Kier molecular flexibility index (Phi) is 5.33. The van der Waals surface area contributed by atoms with Crippen LogP contribution in [-0.4, -0.2) is 46.2 Å². The number of H-pyrrole nitrogens is 1. The van der Waals surface area contributed by atoms with Crippen LogP contribution in [0.4, 0.5) is 4.79 Å². The Bertz CT molecular complexity index is 798. The standard InChI is InChI=1S/C18H24N4O3/c1-3-22(18(24)19-12(2)15-9-6-10-25-15)11-16-20-14-8-5-4-7-13(14)17(23)21-16/h4-5,7-8,12,15H,3,6,9-11H2,1-2H3,(H,19,24)(H,20,21,23)/t12-,15+/m0/s1. The first-order valence-electron chi connectivity index (χ1n) is 8.73. The zero-order valence-corrected chi connectivity index (χ0v) is 14.6. The smallest absolute Gasteiger partial charge is 0.318 e. The van der Waals surface area contributed by atoms with Gasteiger partial charge in [0.1, 0.15) is 5.82 Å². The minimum Gasteiger partial charge on any atom is -0.376 e. The summed E-state index contributed by atoms with van der Waals surface area (Å²) in [6.45, 7) is 5.37. The molecule has 3 rings (SSSR count). The van der Waals surface area contributed by atoms with Crippen molar-refractivity contribution in [1.82, 2.24) is 20.2 Å². The predicted octanol–water partition coefficient (Wildman–Crippen LogP) is 2.02. The highest BCUT2D eigenvalue weighted by Gasteiger charge is 2.25. The van der Waals surface area contributed by atoms with Gasteiger partial charge in [0.15, 0.2) is 0 Å². The number of hydrogen-bond donors (Lipinski definition) is 2. The van der Waals surface area contributed by atoms with Crippen LogP contribution in [0.5, 0.6) is 0 Å². The number of para-hydroxylation sites is 1. The number of fused-ring (bicyclic) bond motifs is 1. The molecule has 0 bridgehead atoms. The van der Waals surface area contributed by atoms with E-state index in [-0.39, 0.29) is 30.3 Å². The zero-order valence-electron chi connectivity index (χ0n) is 14.6. The van der Waals surface area contributed by atoms with Gasteiger partial charge < -0.3 is 19.9 Å². The maximum absolute atomic E-state index is 12.5. The molecular weight excluding hydrogens is 320 g/mol. The number of hydrogen-bond acceptors (Lipinski definition) is 4. The van der Waals surface area contributed by atoms with E-state index in [1.54, 1.807) is 23.1 Å². The molecule has 2 N–H and O–H groups in total. The molecule has 25 heavy (non-hydrogen) atoms. The molecule has 2 amide bonds. The van der Waals surface area contributed by atoms with E-state index in [9.17, 15) is 9.59 Å². The Hall–Kier alpha value is -2.41. The number of ether oxygens (including phenoxy) is 1. The molecule has 1 aliphatic heterocycles. The molecular formula is C18H24N4O3. The van der Waals surface area contributed by atoms with Crippen molar-refractivity contribution in [2.45, 2.75) is 45.4 Å². The minimum absolute atomic E-state index is 0.0485. The second-order valence-corrected chi connectivity index (χ2v) is 6.33. The largest absolute Gasteiger partial charge is 0.376 e. The van der Waals surface area contributed by atoms with Crippen molar-refractivity contribution in [3.63, 3.8) is 0 Å². The average molecular weight is 344 g/mol. The van der Waals surface area contributed by atoms with E-state index in [1.807, 2.05) is 19.9 Å². The van der Waals surface area contributed by atoms with E-state index in [0.717, 1.165) is 19.4 Å². The minimum atomic E-state index is -0.190. The quantitative estimate of drug-likeness (QED) is 0.869. The van der Waals surface area contributed by atoms with E-state index >= 15 is 0 Å². The van der Waals surface area contributed by atoms with Crippen LogP contribution < -0.4 is 10.9 Å². The van der Waals surface area contributed by atoms with E-state index in [1.165, 1.54) is 0 Å². The van der Waals surface area contributed by atoms with Crippen LogP contribution >= 0.6 is 0 Å². The lowest BCUT2D eigenvalue weighted by molar-refractivity contribution is 0.0831. The fraction of sp³-hybridized carbons (Fsp3) is 0.500. The number of aromatic nitrogens is 2. The number of nitrogens with zero attached hydrogens (tertiary/aromatic N) is 2. The summed E-state index contributed by atoms with van der Waals surface area (Å²) in [4.78, 5) is 33.5. The van der Waals surface area contributed by atoms with Crippen molar-refractivity contribution < 1.29 is 9.53 Å². The first-order chi connectivity index (χ1) is 12.1. The van der Waals surface area contributed by atoms with Crippen LogP contribution in [0, 0.1) is 0 Å². The molecule has 2 atom stereocenters. The Labute approximate surface area is 146 Å². The molecule has 0 saturated carbocycles. The summed E-state index contributed by atoms with van der Waals surface area (Å²) in [6, 6.07) is 6.94. The van der Waals surface area contributed by atoms with Gasteiger partial charge in [-0.05, 0) is 38.8 Å². The highest BCUT2D eigenvalue weighted by Crippen LogP contribution is 2.15. The maximum atomic E-state index is 12.5. The number of amides is 2. The van der Waals surface area contributed by atoms with Crippen LogP contribution in [0.1, 0.15) is 32.5 Å². The lowest BCUT2D eigenvalue weighted by Gasteiger charge is -2.26. The van der Waals surface area contributed by atoms with Crippen LogP contribution in [-0.2, 0) is 11.3 Å². The van der Waals surface area contributed by atoms with Crippen molar-refractivity contribution in [1.29, 1.82) is 0 Å². The third-order valence-electron chi connectivity index (χ3n) is 4.55. The normalized spacial score (nSPS) is 18.2. The molecule has 1 aliphatic rings. The fourth-order valence-corrected chi connectivity index (χ4v) is 3.09. The summed E-state index contributed by atoms with van der Waals surface area (Å²) in [5.41, 5.74) is 0.440. The number of aromatic amines is 1. The fourth-order valence-electron chi connectivity index (χ4n) is 3.09. The second-order valence-electron chi connectivity index (χ2n) is 6.33. The lowest BCUT2D eigenvalue weighted by atomic mass is 10.1. The Morgan fingerprint density at radius 1 is 1.48 bits per heavy atom. The summed E-state index contributed by atoms with van der Waals surface area (Å²) >= 11 is 0. The molecule has 1 aromatic carbocycles. The molecule has 0 spiro atoms. The SMILES string of the molecule is CCN(Cc1nc2ccccc2c(=O)[nH]1)C(=O)N[C@@H](C)[C@H]1CCCO1. The average Bonchev–Trinajstić information content (AvgIpc) is 3.14. The number of nitrogens with one attached hydrogen (secondary N) is 2. The molecule has 1 fully saturated rings. The monoisotopic (exact) mass is 344 g/mol. The van der Waals surface area contributed by atoms with Crippen molar-refractivity contribution in [3.8, 4) is 0 Å². The van der Waals surface area contributed by atoms with Crippen molar-refractivity contribution in [2.24, 2.45) is 0 Å². The highest BCUT2D eigenvalue weighted by molar-refractivity contribution is 5.77. The number of carbonyl (C=O) groups is 1. The van der Waals surface area contributed by atoms with E-state index < -0.39 is 0 Å². The van der Waals surface area contributed by atoms with Crippen molar-refractivity contribution in [2.75, 3.05) is 13.2 Å². The molecule has 2 heterocycles. The summed E-state index contributed by atoms with van der Waals surface area (Å²) in [6.07, 6.45) is 2.07. The van der Waals surface area contributed by atoms with Crippen LogP contribution in [0.2, 0.25) is 0 Å². The Morgan fingerprint density at radius 3 is 3.00 bits per heavy atom. The summed E-state index contributed by atoms with van der Waals surface area (Å²) < 4.78 is 5.62. The molecule has 7 heteroatoms. The van der Waals surface area contributed by atoms with Crippen LogP contribution in [0.3, 0.4) is 0 Å². The maximum Gasteiger partial charge on any atom is 0.318 e. The van der Waals surface area contributed by atoms with Gasteiger partial charge in [0, 0.05) is 13.2 Å². The molecule has 1 saturated heterocycles.